The van der Waals surface area contributed by atoms with Gasteiger partial charge in [0.05, 0.1) is 6.61 Å². The second-order valence-corrected chi connectivity index (χ2v) is 9.51. The van der Waals surface area contributed by atoms with E-state index in [4.69, 9.17) is 9.47 Å². The molecule has 1 fully saturated rings. The summed E-state index contributed by atoms with van der Waals surface area (Å²) in [6.45, 7) is 3.12. The van der Waals surface area contributed by atoms with E-state index in [1.165, 1.54) is 12.1 Å². The number of hydrogen-bond donors (Lipinski definition) is 0. The molecule has 2 aliphatic carbocycles. The number of aromatic nitrogens is 1. The number of carbonyl (C=O) groups excluding carboxylic acids is 2. The fourth-order valence-corrected chi connectivity index (χ4v) is 5.14. The van der Waals surface area contributed by atoms with E-state index in [1.807, 2.05) is 39.8 Å². The lowest BCUT2D eigenvalue weighted by Gasteiger charge is -2.34. The van der Waals surface area contributed by atoms with Gasteiger partial charge in [-0.2, -0.15) is 0 Å². The summed E-state index contributed by atoms with van der Waals surface area (Å²) < 4.78 is 27.1. The average Bonchev–Trinajstić information content (AvgIpc) is 3.65. The number of esters is 1. The highest BCUT2D eigenvalue weighted by molar-refractivity contribution is 5.87. The zero-order valence-electron chi connectivity index (χ0n) is 20.0. The van der Waals surface area contributed by atoms with Gasteiger partial charge in [0.1, 0.15) is 19.0 Å². The summed E-state index contributed by atoms with van der Waals surface area (Å²) in [5.41, 5.74) is 3.82. The Balaban J connectivity index is 1.40. The van der Waals surface area contributed by atoms with Gasteiger partial charge in [-0.1, -0.05) is 30.3 Å². The Morgan fingerprint density at radius 2 is 1.89 bits per heavy atom. The molecule has 0 radical (unpaired) electrons. The largest absolute Gasteiger partial charge is 0.465 e. The zero-order chi connectivity index (χ0) is 24.4. The number of hydrogen-bond acceptors (Lipinski definition) is 4. The molecule has 0 saturated heterocycles. The lowest BCUT2D eigenvalue weighted by molar-refractivity contribution is -0.143. The molecule has 6 nitrogen and oxygen atoms in total. The molecule has 0 spiro atoms. The third kappa shape index (κ3) is 5.19. The maximum Gasteiger partial charge on any atom is 0.410 e. The second kappa shape index (κ2) is 10.1. The molecule has 1 aromatic heterocycles. The maximum atomic E-state index is 14.2. The van der Waals surface area contributed by atoms with Gasteiger partial charge < -0.3 is 18.9 Å². The summed E-state index contributed by atoms with van der Waals surface area (Å²) >= 11 is 0. The van der Waals surface area contributed by atoms with Crippen LogP contribution in [0.5, 0.6) is 0 Å². The Kier molecular flexibility index (Phi) is 6.75. The van der Waals surface area contributed by atoms with Crippen molar-refractivity contribution in [1.82, 2.24) is 9.47 Å². The van der Waals surface area contributed by atoms with Crippen molar-refractivity contribution in [3.63, 3.8) is 0 Å². The highest BCUT2D eigenvalue weighted by Gasteiger charge is 2.36. The van der Waals surface area contributed by atoms with Crippen molar-refractivity contribution in [3.05, 3.63) is 71.2 Å². The molecule has 1 heterocycles. The summed E-state index contributed by atoms with van der Waals surface area (Å²) in [5, 5.41) is 0.804. The molecule has 7 heteroatoms. The summed E-state index contributed by atoms with van der Waals surface area (Å²) in [7, 11) is 0. The van der Waals surface area contributed by atoms with E-state index in [1.54, 1.807) is 13.0 Å². The second-order valence-electron chi connectivity index (χ2n) is 9.51. The molecule has 0 bridgehead atoms. The standard InChI is InChI=1S/C28H31FN2O4/c1-2-34-27(32)17-31-25-12-10-21(29)14-23(25)24-15-22(11-13-26(24)31)30(16-19-8-9-19)28(33)35-18-20-6-4-3-5-7-20/h3-7,10,12,14,19,22H,2,8-9,11,13,15-18H2,1H3/t22-/m0/s1. The van der Waals surface area contributed by atoms with Crippen molar-refractivity contribution in [1.29, 1.82) is 0 Å². The van der Waals surface area contributed by atoms with Gasteiger partial charge in [0, 0.05) is 29.2 Å². The first-order valence-corrected chi connectivity index (χ1v) is 12.5. The highest BCUT2D eigenvalue weighted by Crippen LogP contribution is 2.37. The zero-order valence-corrected chi connectivity index (χ0v) is 20.0. The lowest BCUT2D eigenvalue weighted by atomic mass is 9.90. The smallest absolute Gasteiger partial charge is 0.410 e. The minimum atomic E-state index is -0.312. The number of rotatable bonds is 8. The molecule has 1 atom stereocenters. The van der Waals surface area contributed by atoms with Crippen LogP contribution in [0.25, 0.3) is 10.9 Å². The summed E-state index contributed by atoms with van der Waals surface area (Å²) in [6.07, 6.45) is 4.04. The summed E-state index contributed by atoms with van der Waals surface area (Å²) in [4.78, 5) is 27.4. The Morgan fingerprint density at radius 1 is 1.09 bits per heavy atom. The van der Waals surface area contributed by atoms with Crippen LogP contribution in [0.1, 0.15) is 43.0 Å². The first-order valence-electron chi connectivity index (χ1n) is 12.5. The Morgan fingerprint density at radius 3 is 2.63 bits per heavy atom. The van der Waals surface area contributed by atoms with E-state index in [-0.39, 0.29) is 37.1 Å². The highest BCUT2D eigenvalue weighted by atomic mass is 19.1. The van der Waals surface area contributed by atoms with Crippen molar-refractivity contribution >= 4 is 23.0 Å². The van der Waals surface area contributed by atoms with Crippen molar-refractivity contribution < 1.29 is 23.5 Å². The molecule has 184 valence electrons. The predicted molar refractivity (Wildman–Crippen MR) is 130 cm³/mol. The minimum Gasteiger partial charge on any atom is -0.465 e. The normalized spacial score (nSPS) is 17.1. The minimum absolute atomic E-state index is 0.0312. The molecule has 1 saturated carbocycles. The van der Waals surface area contributed by atoms with Crippen molar-refractivity contribution in [2.45, 2.75) is 58.2 Å². The van der Waals surface area contributed by atoms with Crippen LogP contribution in [-0.2, 0) is 40.3 Å². The molecule has 0 unspecified atom stereocenters. The van der Waals surface area contributed by atoms with Gasteiger partial charge in [-0.25, -0.2) is 9.18 Å². The van der Waals surface area contributed by atoms with Crippen LogP contribution in [0.15, 0.2) is 48.5 Å². The third-order valence-corrected chi connectivity index (χ3v) is 7.03. The maximum absolute atomic E-state index is 14.2. The third-order valence-electron chi connectivity index (χ3n) is 7.03. The van der Waals surface area contributed by atoms with Gasteiger partial charge in [-0.3, -0.25) is 4.79 Å². The predicted octanol–water partition coefficient (Wildman–Crippen LogP) is 5.25. The van der Waals surface area contributed by atoms with Gasteiger partial charge in [-0.15, -0.1) is 0 Å². The van der Waals surface area contributed by atoms with Crippen molar-refractivity contribution in [3.8, 4) is 0 Å². The van der Waals surface area contributed by atoms with E-state index in [0.29, 0.717) is 31.9 Å². The lowest BCUT2D eigenvalue weighted by Crippen LogP contribution is -2.45. The van der Waals surface area contributed by atoms with E-state index in [9.17, 15) is 14.0 Å². The van der Waals surface area contributed by atoms with E-state index < -0.39 is 0 Å². The molecule has 1 amide bonds. The van der Waals surface area contributed by atoms with Crippen molar-refractivity contribution in [2.24, 2.45) is 5.92 Å². The van der Waals surface area contributed by atoms with Gasteiger partial charge in [-0.05, 0) is 74.3 Å². The fraction of sp³-hybridized carbons (Fsp3) is 0.429. The average molecular weight is 479 g/mol. The van der Waals surface area contributed by atoms with E-state index in [0.717, 1.165) is 47.0 Å². The SMILES string of the molecule is CCOC(=O)Cn1c2c(c3cc(F)ccc31)C[C@@H](N(CC1CC1)C(=O)OCc1ccccc1)CC2. The quantitative estimate of drug-likeness (QED) is 0.415. The molecule has 2 aromatic carbocycles. The van der Waals surface area contributed by atoms with Crippen LogP contribution < -0.4 is 0 Å². The van der Waals surface area contributed by atoms with Crippen molar-refractivity contribution in [2.75, 3.05) is 13.2 Å². The molecular formula is C28H31FN2O4. The number of benzene rings is 2. The fourth-order valence-electron chi connectivity index (χ4n) is 5.14. The van der Waals surface area contributed by atoms with Gasteiger partial charge in [0.2, 0.25) is 0 Å². The number of amides is 1. The topological polar surface area (TPSA) is 60.8 Å². The van der Waals surface area contributed by atoms with Crippen LogP contribution in [0.3, 0.4) is 0 Å². The first kappa shape index (κ1) is 23.4. The molecule has 3 aromatic rings. The van der Waals surface area contributed by atoms with Gasteiger partial charge in [0.25, 0.3) is 0 Å². The van der Waals surface area contributed by atoms with Crippen LogP contribution in [0, 0.1) is 11.7 Å². The molecule has 0 N–H and O–H groups in total. The number of halogens is 1. The first-order chi connectivity index (χ1) is 17.0. The summed E-state index contributed by atoms with van der Waals surface area (Å²) in [6, 6.07) is 14.3. The Hall–Kier alpha value is -3.35. The van der Waals surface area contributed by atoms with Crippen LogP contribution in [0.2, 0.25) is 0 Å². The van der Waals surface area contributed by atoms with Gasteiger partial charge in [0.15, 0.2) is 0 Å². The number of ether oxygens (including phenoxy) is 2. The molecule has 0 aliphatic heterocycles. The van der Waals surface area contributed by atoms with Gasteiger partial charge >= 0.3 is 12.1 Å². The monoisotopic (exact) mass is 478 g/mol. The molecular weight excluding hydrogens is 447 g/mol. The Bertz CT molecular complexity index is 1220. The molecule has 5 rings (SSSR count). The van der Waals surface area contributed by atoms with Crippen LogP contribution >= 0.6 is 0 Å². The van der Waals surface area contributed by atoms with Crippen LogP contribution in [-0.4, -0.2) is 40.7 Å². The van der Waals surface area contributed by atoms with E-state index >= 15 is 0 Å². The van der Waals surface area contributed by atoms with E-state index in [2.05, 4.69) is 0 Å². The number of nitrogens with zero attached hydrogens (tertiary/aromatic N) is 2. The molecule has 35 heavy (non-hydrogen) atoms. The number of fused-ring (bicyclic) bond motifs is 3. The number of carbonyl (C=O) groups is 2. The van der Waals surface area contributed by atoms with Crippen LogP contribution in [0.4, 0.5) is 9.18 Å². The summed E-state index contributed by atoms with van der Waals surface area (Å²) in [5.74, 6) is -0.102. The molecule has 2 aliphatic rings. The Labute approximate surface area is 204 Å².